The molecule has 0 spiro atoms. The molecule has 4 fully saturated rings. The number of carbonyl (C=O) groups is 2. The molecule has 1 N–H and O–H groups in total. The first-order chi connectivity index (χ1) is 11.9. The summed E-state index contributed by atoms with van der Waals surface area (Å²) in [6.45, 7) is 0.190. The van der Waals surface area contributed by atoms with E-state index < -0.39 is 11.0 Å². The maximum Gasteiger partial charge on any atom is 0.337 e. The summed E-state index contributed by atoms with van der Waals surface area (Å²) in [7, 11) is 1.34. The van der Waals surface area contributed by atoms with Crippen LogP contribution < -0.4 is 0 Å². The van der Waals surface area contributed by atoms with Crippen molar-refractivity contribution < 1.29 is 24.2 Å². The molecule has 0 unspecified atom stereocenters. The lowest BCUT2D eigenvalue weighted by molar-refractivity contribution is -0.197. The molecule has 2 atom stereocenters. The van der Waals surface area contributed by atoms with E-state index in [9.17, 15) is 14.7 Å². The molecule has 1 aromatic rings. The van der Waals surface area contributed by atoms with Crippen LogP contribution in [0.4, 0.5) is 0 Å². The van der Waals surface area contributed by atoms with Crippen LogP contribution in [0.2, 0.25) is 0 Å². The van der Waals surface area contributed by atoms with E-state index in [1.165, 1.54) is 7.11 Å². The normalized spacial score (nSPS) is 35.4. The van der Waals surface area contributed by atoms with Crippen LogP contribution in [0.15, 0.2) is 24.3 Å². The summed E-state index contributed by atoms with van der Waals surface area (Å²) in [5.41, 5.74) is 0.154. The van der Waals surface area contributed by atoms with E-state index in [1.807, 2.05) is 0 Å². The van der Waals surface area contributed by atoms with Crippen LogP contribution in [0.25, 0.3) is 0 Å². The highest BCUT2D eigenvalue weighted by atomic mass is 16.5. The van der Waals surface area contributed by atoms with Gasteiger partial charge in [-0.2, -0.15) is 0 Å². The van der Waals surface area contributed by atoms with Gasteiger partial charge in [0.05, 0.1) is 23.7 Å². The number of carbonyl (C=O) groups excluding carboxylic acids is 2. The number of rotatable bonds is 4. The van der Waals surface area contributed by atoms with Gasteiger partial charge in [-0.1, -0.05) is 12.1 Å². The smallest absolute Gasteiger partial charge is 0.337 e. The van der Waals surface area contributed by atoms with E-state index in [-0.39, 0.29) is 18.5 Å². The summed E-state index contributed by atoms with van der Waals surface area (Å²) in [6.07, 6.45) is 5.08. The average molecular weight is 344 g/mol. The third-order valence-electron chi connectivity index (χ3n) is 6.21. The van der Waals surface area contributed by atoms with Crippen LogP contribution in [0.3, 0.4) is 0 Å². The third kappa shape index (κ3) is 2.95. The van der Waals surface area contributed by atoms with Gasteiger partial charge >= 0.3 is 11.9 Å². The molecule has 4 bridgehead atoms. The number of ether oxygens (including phenoxy) is 2. The largest absolute Gasteiger partial charge is 0.465 e. The fourth-order valence-corrected chi connectivity index (χ4v) is 5.61. The molecule has 4 aliphatic rings. The van der Waals surface area contributed by atoms with Crippen LogP contribution in [0.1, 0.15) is 54.4 Å². The standard InChI is InChI=1S/C20H24O5/c1-24-17(21)16-4-2-13(3-5-16)11-25-18(22)19-7-14-6-15(8-19)10-20(23,9-14)12-19/h2-5,14-15,23H,6-12H2,1H3/t14-,15-,19?,20?/m1/s1. The highest BCUT2D eigenvalue weighted by molar-refractivity contribution is 5.89. The molecule has 1 aromatic carbocycles. The molecule has 0 aliphatic heterocycles. The van der Waals surface area contributed by atoms with Crippen molar-refractivity contribution in [2.75, 3.05) is 7.11 Å². The highest BCUT2D eigenvalue weighted by Crippen LogP contribution is 2.62. The third-order valence-corrected chi connectivity index (χ3v) is 6.21. The van der Waals surface area contributed by atoms with E-state index in [1.54, 1.807) is 24.3 Å². The number of hydrogen-bond acceptors (Lipinski definition) is 5. The van der Waals surface area contributed by atoms with Gasteiger partial charge in [0.2, 0.25) is 0 Å². The number of benzene rings is 1. The van der Waals surface area contributed by atoms with Gasteiger partial charge in [0, 0.05) is 0 Å². The molecular formula is C20H24O5. The van der Waals surface area contributed by atoms with Gasteiger partial charge < -0.3 is 14.6 Å². The van der Waals surface area contributed by atoms with Gasteiger partial charge in [0.25, 0.3) is 0 Å². The lowest BCUT2D eigenvalue weighted by atomic mass is 9.48. The Morgan fingerprint density at radius 1 is 1.12 bits per heavy atom. The first-order valence-corrected chi connectivity index (χ1v) is 8.98. The van der Waals surface area contributed by atoms with Gasteiger partial charge in [-0.3, -0.25) is 4.79 Å². The molecular weight excluding hydrogens is 320 g/mol. The van der Waals surface area contributed by atoms with E-state index in [4.69, 9.17) is 4.74 Å². The fraction of sp³-hybridized carbons (Fsp3) is 0.600. The quantitative estimate of drug-likeness (QED) is 0.850. The Morgan fingerprint density at radius 2 is 1.76 bits per heavy atom. The van der Waals surface area contributed by atoms with Crippen molar-refractivity contribution in [2.24, 2.45) is 17.3 Å². The van der Waals surface area contributed by atoms with Gasteiger partial charge in [-0.15, -0.1) is 0 Å². The first kappa shape index (κ1) is 16.6. The van der Waals surface area contributed by atoms with Crippen molar-refractivity contribution in [3.05, 3.63) is 35.4 Å². The van der Waals surface area contributed by atoms with Gasteiger partial charge in [0.15, 0.2) is 0 Å². The maximum absolute atomic E-state index is 12.8. The summed E-state index contributed by atoms with van der Waals surface area (Å²) in [6, 6.07) is 6.88. The second kappa shape index (κ2) is 5.84. The van der Waals surface area contributed by atoms with Crippen molar-refractivity contribution in [2.45, 2.75) is 50.7 Å². The molecule has 4 saturated carbocycles. The van der Waals surface area contributed by atoms with E-state index in [2.05, 4.69) is 4.74 Å². The Morgan fingerprint density at radius 3 is 2.32 bits per heavy atom. The number of esters is 2. The summed E-state index contributed by atoms with van der Waals surface area (Å²) in [5.74, 6) is 0.360. The predicted octanol–water partition coefficient (Wildman–Crippen LogP) is 2.85. The molecule has 5 rings (SSSR count). The molecule has 4 aliphatic carbocycles. The maximum atomic E-state index is 12.8. The Hall–Kier alpha value is -1.88. The van der Waals surface area contributed by atoms with E-state index >= 15 is 0 Å². The lowest BCUT2D eigenvalue weighted by Gasteiger charge is -2.58. The van der Waals surface area contributed by atoms with Crippen LogP contribution >= 0.6 is 0 Å². The Balaban J connectivity index is 1.42. The van der Waals surface area contributed by atoms with E-state index in [0.29, 0.717) is 23.8 Å². The van der Waals surface area contributed by atoms with Crippen LogP contribution in [0, 0.1) is 17.3 Å². The number of hydrogen-bond donors (Lipinski definition) is 1. The van der Waals surface area contributed by atoms with Gasteiger partial charge in [-0.05, 0) is 68.1 Å². The molecule has 5 heteroatoms. The predicted molar refractivity (Wildman–Crippen MR) is 89.6 cm³/mol. The van der Waals surface area contributed by atoms with Crippen molar-refractivity contribution in [1.82, 2.24) is 0 Å². The van der Waals surface area contributed by atoms with E-state index in [0.717, 1.165) is 37.7 Å². The minimum absolute atomic E-state index is 0.169. The topological polar surface area (TPSA) is 72.8 Å². The van der Waals surface area contributed by atoms with Crippen LogP contribution in [0.5, 0.6) is 0 Å². The highest BCUT2D eigenvalue weighted by Gasteiger charge is 2.60. The zero-order valence-electron chi connectivity index (χ0n) is 14.5. The van der Waals surface area contributed by atoms with Crippen molar-refractivity contribution in [1.29, 1.82) is 0 Å². The lowest BCUT2D eigenvalue weighted by Crippen LogP contribution is -2.58. The summed E-state index contributed by atoms with van der Waals surface area (Å²) in [4.78, 5) is 24.3. The number of aliphatic hydroxyl groups is 1. The average Bonchev–Trinajstić information content (AvgIpc) is 2.57. The van der Waals surface area contributed by atoms with Crippen LogP contribution in [-0.2, 0) is 20.9 Å². The Bertz CT molecular complexity index is 679. The summed E-state index contributed by atoms with van der Waals surface area (Å²) in [5, 5.41) is 10.8. The molecule has 0 saturated heterocycles. The molecule has 0 aromatic heterocycles. The minimum atomic E-state index is -0.661. The summed E-state index contributed by atoms with van der Waals surface area (Å²) >= 11 is 0. The molecule has 5 nitrogen and oxygen atoms in total. The molecule has 25 heavy (non-hydrogen) atoms. The van der Waals surface area contributed by atoms with Gasteiger partial charge in [0.1, 0.15) is 6.61 Å². The molecule has 134 valence electrons. The monoisotopic (exact) mass is 344 g/mol. The zero-order valence-corrected chi connectivity index (χ0v) is 14.5. The van der Waals surface area contributed by atoms with Crippen molar-refractivity contribution in [3.8, 4) is 0 Å². The molecule has 0 radical (unpaired) electrons. The minimum Gasteiger partial charge on any atom is -0.465 e. The molecule has 0 heterocycles. The number of methoxy groups -OCH3 is 1. The van der Waals surface area contributed by atoms with Crippen molar-refractivity contribution in [3.63, 3.8) is 0 Å². The molecule has 0 amide bonds. The SMILES string of the molecule is COC(=O)c1ccc(COC(=O)C23C[C@H]4C[C@@H](CC(O)(C4)C2)C3)cc1. The fourth-order valence-electron chi connectivity index (χ4n) is 5.61. The second-order valence-electron chi connectivity index (χ2n) is 8.23. The second-order valence-corrected chi connectivity index (χ2v) is 8.23. The Labute approximate surface area is 147 Å². The van der Waals surface area contributed by atoms with Gasteiger partial charge in [-0.25, -0.2) is 4.79 Å². The van der Waals surface area contributed by atoms with Crippen LogP contribution in [-0.4, -0.2) is 29.8 Å². The Kier molecular flexibility index (Phi) is 3.87. The van der Waals surface area contributed by atoms with Crippen molar-refractivity contribution >= 4 is 11.9 Å². The first-order valence-electron chi connectivity index (χ1n) is 8.98. The summed E-state index contributed by atoms with van der Waals surface area (Å²) < 4.78 is 10.3. The zero-order chi connectivity index (χ0) is 17.7.